The van der Waals surface area contributed by atoms with Crippen LogP contribution in [-0.4, -0.2) is 20.7 Å². The number of hydrogen-bond donors (Lipinski definition) is 2. The number of amides is 1. The topological polar surface area (TPSA) is 62.7 Å². The lowest BCUT2D eigenvalue weighted by atomic mass is 10.3. The van der Waals surface area contributed by atoms with Gasteiger partial charge >= 0.3 is 0 Å². The summed E-state index contributed by atoms with van der Waals surface area (Å²) in [5.41, 5.74) is 0. The van der Waals surface area contributed by atoms with E-state index in [2.05, 4.69) is 15.5 Å². The van der Waals surface area contributed by atoms with E-state index in [-0.39, 0.29) is 11.9 Å². The van der Waals surface area contributed by atoms with Crippen molar-refractivity contribution in [3.8, 4) is 0 Å². The fourth-order valence-corrected chi connectivity index (χ4v) is 1.30. The molecule has 1 amide bonds. The summed E-state index contributed by atoms with van der Waals surface area (Å²) < 4.78 is 1.84. The summed E-state index contributed by atoms with van der Waals surface area (Å²) in [6.07, 6.45) is 5.31. The highest BCUT2D eigenvalue weighted by atomic mass is 16.2. The van der Waals surface area contributed by atoms with Crippen LogP contribution in [0.3, 0.4) is 0 Å². The zero-order chi connectivity index (χ0) is 10.7. The summed E-state index contributed by atoms with van der Waals surface area (Å²) in [6, 6.07) is 5.25. The highest BCUT2D eigenvalue weighted by Gasteiger charge is 2.13. The Kier molecular flexibility index (Phi) is 2.53. The first-order chi connectivity index (χ1) is 7.27. The maximum atomic E-state index is 11.7. The molecule has 0 unspecified atom stereocenters. The molecule has 0 saturated heterocycles. The van der Waals surface area contributed by atoms with Crippen LogP contribution in [0.1, 0.15) is 13.0 Å². The van der Waals surface area contributed by atoms with Gasteiger partial charge in [0.15, 0.2) is 0 Å². The van der Waals surface area contributed by atoms with Crippen LogP contribution in [0.15, 0.2) is 36.8 Å². The van der Waals surface area contributed by atoms with E-state index in [1.165, 1.54) is 0 Å². The number of aromatic amines is 1. The zero-order valence-corrected chi connectivity index (χ0v) is 8.34. The fourth-order valence-electron chi connectivity index (χ4n) is 1.30. The van der Waals surface area contributed by atoms with Gasteiger partial charge in [-0.15, -0.1) is 0 Å². The minimum Gasteiger partial charge on any atom is -0.342 e. The Bertz CT molecular complexity index is 418. The highest BCUT2D eigenvalue weighted by molar-refractivity contribution is 5.92. The van der Waals surface area contributed by atoms with E-state index in [1.807, 2.05) is 36.0 Å². The molecule has 2 rings (SSSR count). The highest BCUT2D eigenvalue weighted by Crippen LogP contribution is 2.09. The largest absolute Gasteiger partial charge is 0.342 e. The minimum atomic E-state index is -0.233. The molecule has 1 atom stereocenters. The lowest BCUT2D eigenvalue weighted by Crippen LogP contribution is -2.22. The van der Waals surface area contributed by atoms with E-state index in [0.717, 1.165) is 0 Å². The number of rotatable bonds is 3. The van der Waals surface area contributed by atoms with Crippen LogP contribution >= 0.6 is 0 Å². The third-order valence-electron chi connectivity index (χ3n) is 2.21. The second-order valence-corrected chi connectivity index (χ2v) is 3.27. The number of aromatic nitrogens is 3. The molecule has 2 heterocycles. The number of carbonyl (C=O) groups is 1. The van der Waals surface area contributed by atoms with Crippen molar-refractivity contribution in [3.63, 3.8) is 0 Å². The number of nitrogens with one attached hydrogen (secondary N) is 2. The molecule has 2 aromatic rings. The third kappa shape index (κ3) is 2.07. The van der Waals surface area contributed by atoms with Gasteiger partial charge in [0, 0.05) is 18.5 Å². The first-order valence-corrected chi connectivity index (χ1v) is 4.70. The molecular weight excluding hydrogens is 192 g/mol. The maximum absolute atomic E-state index is 11.7. The number of anilines is 1. The Morgan fingerprint density at radius 3 is 2.87 bits per heavy atom. The monoisotopic (exact) mass is 204 g/mol. The molecule has 2 aromatic heterocycles. The van der Waals surface area contributed by atoms with Crippen molar-refractivity contribution in [1.82, 2.24) is 14.8 Å². The molecule has 2 N–H and O–H groups in total. The molecule has 15 heavy (non-hydrogen) atoms. The first-order valence-electron chi connectivity index (χ1n) is 4.70. The predicted molar refractivity (Wildman–Crippen MR) is 56.4 cm³/mol. The Morgan fingerprint density at radius 1 is 1.53 bits per heavy atom. The SMILES string of the molecule is C[C@H](C(=O)Nc1ccn[nH]1)n1cccc1. The summed E-state index contributed by atoms with van der Waals surface area (Å²) >= 11 is 0. The summed E-state index contributed by atoms with van der Waals surface area (Å²) in [5.74, 6) is 0.537. The summed E-state index contributed by atoms with van der Waals surface area (Å²) in [7, 11) is 0. The Labute approximate surface area is 87.1 Å². The molecule has 0 saturated carbocycles. The second kappa shape index (κ2) is 4.00. The number of carbonyl (C=O) groups excluding carboxylic acids is 1. The molecule has 5 nitrogen and oxygen atoms in total. The van der Waals surface area contributed by atoms with Gasteiger partial charge in [-0.1, -0.05) is 0 Å². The minimum absolute atomic E-state index is 0.0737. The van der Waals surface area contributed by atoms with Gasteiger partial charge in [0.1, 0.15) is 11.9 Å². The molecule has 0 aliphatic rings. The van der Waals surface area contributed by atoms with Crippen LogP contribution < -0.4 is 5.32 Å². The van der Waals surface area contributed by atoms with Crippen molar-refractivity contribution in [2.75, 3.05) is 5.32 Å². The van der Waals surface area contributed by atoms with Gasteiger partial charge in [0.05, 0.1) is 6.20 Å². The van der Waals surface area contributed by atoms with Crippen LogP contribution in [0.2, 0.25) is 0 Å². The van der Waals surface area contributed by atoms with Crippen LogP contribution in [-0.2, 0) is 4.79 Å². The van der Waals surface area contributed by atoms with Gasteiger partial charge in [-0.05, 0) is 19.1 Å². The maximum Gasteiger partial charge on any atom is 0.248 e. The van der Waals surface area contributed by atoms with E-state index in [1.54, 1.807) is 12.3 Å². The van der Waals surface area contributed by atoms with Gasteiger partial charge in [0.2, 0.25) is 5.91 Å². The van der Waals surface area contributed by atoms with Gasteiger partial charge < -0.3 is 9.88 Å². The number of H-pyrrole nitrogens is 1. The van der Waals surface area contributed by atoms with Crippen LogP contribution in [0.4, 0.5) is 5.82 Å². The first kappa shape index (κ1) is 9.51. The Balaban J connectivity index is 2.03. The standard InChI is InChI=1S/C10H12N4O/c1-8(14-6-2-3-7-14)10(15)12-9-4-5-11-13-9/h2-8H,1H3,(H2,11,12,13,15)/t8-/m1/s1. The molecule has 0 fully saturated rings. The quantitative estimate of drug-likeness (QED) is 0.794. The fraction of sp³-hybridized carbons (Fsp3) is 0.200. The van der Waals surface area contributed by atoms with Gasteiger partial charge in [-0.2, -0.15) is 5.10 Å². The van der Waals surface area contributed by atoms with Crippen LogP contribution in [0, 0.1) is 0 Å². The lowest BCUT2D eigenvalue weighted by molar-refractivity contribution is -0.118. The normalized spacial score (nSPS) is 12.3. The number of hydrogen-bond acceptors (Lipinski definition) is 2. The van der Waals surface area contributed by atoms with E-state index in [9.17, 15) is 4.79 Å². The van der Waals surface area contributed by atoms with E-state index in [4.69, 9.17) is 0 Å². The van der Waals surface area contributed by atoms with Crippen molar-refractivity contribution in [3.05, 3.63) is 36.8 Å². The average Bonchev–Trinajstić information content (AvgIpc) is 2.88. The van der Waals surface area contributed by atoms with Crippen LogP contribution in [0.25, 0.3) is 0 Å². The van der Waals surface area contributed by atoms with Crippen molar-refractivity contribution in [1.29, 1.82) is 0 Å². The van der Waals surface area contributed by atoms with Gasteiger partial charge in [0.25, 0.3) is 0 Å². The lowest BCUT2D eigenvalue weighted by Gasteiger charge is -2.12. The summed E-state index contributed by atoms with van der Waals surface area (Å²) in [6.45, 7) is 1.84. The molecule has 0 spiro atoms. The molecule has 5 heteroatoms. The summed E-state index contributed by atoms with van der Waals surface area (Å²) in [5, 5.41) is 9.16. The average molecular weight is 204 g/mol. The smallest absolute Gasteiger partial charge is 0.248 e. The van der Waals surface area contributed by atoms with Crippen LogP contribution in [0.5, 0.6) is 0 Å². The molecule has 78 valence electrons. The van der Waals surface area contributed by atoms with Gasteiger partial charge in [-0.3, -0.25) is 9.89 Å². The molecular formula is C10H12N4O. The molecule has 0 aliphatic carbocycles. The summed E-state index contributed by atoms with van der Waals surface area (Å²) in [4.78, 5) is 11.7. The van der Waals surface area contributed by atoms with E-state index in [0.29, 0.717) is 5.82 Å². The zero-order valence-electron chi connectivity index (χ0n) is 8.34. The van der Waals surface area contributed by atoms with Crippen molar-refractivity contribution < 1.29 is 4.79 Å². The molecule has 0 aromatic carbocycles. The number of nitrogens with zero attached hydrogens (tertiary/aromatic N) is 2. The van der Waals surface area contributed by atoms with Crippen molar-refractivity contribution in [2.45, 2.75) is 13.0 Å². The Hall–Kier alpha value is -2.04. The molecule has 0 bridgehead atoms. The van der Waals surface area contributed by atoms with E-state index < -0.39 is 0 Å². The Morgan fingerprint density at radius 2 is 2.27 bits per heavy atom. The van der Waals surface area contributed by atoms with Crippen molar-refractivity contribution >= 4 is 11.7 Å². The third-order valence-corrected chi connectivity index (χ3v) is 2.21. The van der Waals surface area contributed by atoms with Gasteiger partial charge in [-0.25, -0.2) is 0 Å². The second-order valence-electron chi connectivity index (χ2n) is 3.27. The predicted octanol–water partition coefficient (Wildman–Crippen LogP) is 1.41. The van der Waals surface area contributed by atoms with E-state index >= 15 is 0 Å². The molecule has 0 radical (unpaired) electrons. The van der Waals surface area contributed by atoms with Crippen molar-refractivity contribution in [2.24, 2.45) is 0 Å². The molecule has 0 aliphatic heterocycles.